The van der Waals surface area contributed by atoms with Crippen molar-refractivity contribution in [3.05, 3.63) is 313 Å². The van der Waals surface area contributed by atoms with Gasteiger partial charge in [0.05, 0.1) is 81.2 Å². The topological polar surface area (TPSA) is 91.9 Å². The van der Waals surface area contributed by atoms with Crippen LogP contribution in [0.3, 0.4) is 0 Å². The summed E-state index contributed by atoms with van der Waals surface area (Å²) in [5.74, 6) is 0.581. The van der Waals surface area contributed by atoms with E-state index in [4.69, 9.17) is 23.1 Å². The summed E-state index contributed by atoms with van der Waals surface area (Å²) in [6.07, 6.45) is 0. The lowest BCUT2D eigenvalue weighted by atomic mass is 9.97. The lowest BCUT2D eigenvalue weighted by Crippen LogP contribution is -2.03. The fourth-order valence-corrected chi connectivity index (χ4v) is 12.3. The quantitative estimate of drug-likeness (QED) is 0.128. The van der Waals surface area contributed by atoms with E-state index in [2.05, 4.69) is 177 Å². The standard InChI is InChI=1S/C80H46N8/c1-83-64-34-25-55(26-35-64)61-31-40-78-70(45-61)71-46-62(56-27-36-65(84-2)37-28-56)32-41-79(71)88(78)75-42-33-63(80-85-72(57-11-5-3-6-12-57)48-73(86-80)58-13-7-4-8-14-58)47-67(75)66-15-9-10-16-74(66)87-76-38-29-59(53-21-17-51(49-81)18-22-53)43-68(76)69-44-60(30-39-77(69)87)54-23-19-52(50-82)20-24-54/h3-48H. The van der Waals surface area contributed by atoms with Crippen molar-refractivity contribution in [2.45, 2.75) is 0 Å². The van der Waals surface area contributed by atoms with E-state index in [0.29, 0.717) is 28.3 Å². The summed E-state index contributed by atoms with van der Waals surface area (Å²) in [5.41, 5.74) is 22.7. The molecule has 0 bridgehead atoms. The first-order chi connectivity index (χ1) is 43.4. The number of nitriles is 2. The Hall–Kier alpha value is -12.7. The van der Waals surface area contributed by atoms with Gasteiger partial charge >= 0.3 is 0 Å². The lowest BCUT2D eigenvalue weighted by Gasteiger charge is -2.20. The van der Waals surface area contributed by atoms with Crippen molar-refractivity contribution in [1.82, 2.24) is 19.1 Å². The van der Waals surface area contributed by atoms with Crippen LogP contribution in [0, 0.1) is 35.8 Å². The molecule has 0 atom stereocenters. The zero-order valence-electron chi connectivity index (χ0n) is 47.1. The van der Waals surface area contributed by atoms with Crippen LogP contribution < -0.4 is 0 Å². The molecular formula is C80H46N8. The number of nitrogens with zero attached hydrogens (tertiary/aromatic N) is 8. The van der Waals surface area contributed by atoms with E-state index in [9.17, 15) is 10.5 Å². The number of fused-ring (bicyclic) bond motifs is 6. The molecule has 8 nitrogen and oxygen atoms in total. The second-order valence-electron chi connectivity index (χ2n) is 21.7. The zero-order valence-corrected chi connectivity index (χ0v) is 47.1. The van der Waals surface area contributed by atoms with Crippen molar-refractivity contribution < 1.29 is 0 Å². The third kappa shape index (κ3) is 9.26. The zero-order chi connectivity index (χ0) is 59.2. The van der Waals surface area contributed by atoms with Crippen LogP contribution in [0.25, 0.3) is 154 Å². The van der Waals surface area contributed by atoms with Crippen molar-refractivity contribution in [3.63, 3.8) is 0 Å². The predicted molar refractivity (Wildman–Crippen MR) is 356 cm³/mol. The monoisotopic (exact) mass is 1120 g/mol. The average Bonchev–Trinajstić information content (AvgIpc) is 1.59. The van der Waals surface area contributed by atoms with Gasteiger partial charge in [0.25, 0.3) is 0 Å². The highest BCUT2D eigenvalue weighted by Crippen LogP contribution is 2.45. The molecule has 15 rings (SSSR count). The molecule has 0 saturated heterocycles. The van der Waals surface area contributed by atoms with Crippen LogP contribution in [-0.4, -0.2) is 19.1 Å². The van der Waals surface area contributed by atoms with E-state index < -0.39 is 0 Å². The second kappa shape index (κ2) is 21.8. The minimum atomic E-state index is 0.581. The first kappa shape index (κ1) is 52.1. The summed E-state index contributed by atoms with van der Waals surface area (Å²) < 4.78 is 4.76. The van der Waals surface area contributed by atoms with E-state index in [1.165, 1.54) is 0 Å². The van der Waals surface area contributed by atoms with E-state index in [0.717, 1.165) is 139 Å². The molecule has 0 unspecified atom stereocenters. The Morgan fingerprint density at radius 2 is 0.636 bits per heavy atom. The highest BCUT2D eigenvalue weighted by molar-refractivity contribution is 6.14. The van der Waals surface area contributed by atoms with Crippen molar-refractivity contribution in [2.75, 3.05) is 0 Å². The van der Waals surface area contributed by atoms with Gasteiger partial charge < -0.3 is 9.13 Å². The first-order valence-corrected chi connectivity index (χ1v) is 28.8. The third-order valence-corrected chi connectivity index (χ3v) is 16.7. The van der Waals surface area contributed by atoms with E-state index >= 15 is 0 Å². The van der Waals surface area contributed by atoms with Crippen LogP contribution in [0.15, 0.2) is 279 Å². The van der Waals surface area contributed by atoms with Crippen LogP contribution in [0.4, 0.5) is 11.4 Å². The molecular weight excluding hydrogens is 1070 g/mol. The Morgan fingerprint density at radius 1 is 0.295 bits per heavy atom. The van der Waals surface area contributed by atoms with Gasteiger partial charge in [0.2, 0.25) is 0 Å². The van der Waals surface area contributed by atoms with E-state index in [1.54, 1.807) is 0 Å². The van der Waals surface area contributed by atoms with Gasteiger partial charge in [-0.1, -0.05) is 176 Å². The fourth-order valence-electron chi connectivity index (χ4n) is 12.3. The lowest BCUT2D eigenvalue weighted by molar-refractivity contribution is 1.15. The Kier molecular flexibility index (Phi) is 12.9. The molecule has 3 aromatic heterocycles. The maximum Gasteiger partial charge on any atom is 0.187 e. The second-order valence-corrected chi connectivity index (χ2v) is 21.7. The van der Waals surface area contributed by atoms with E-state index in [-0.39, 0.29) is 0 Å². The Morgan fingerprint density at radius 3 is 1.02 bits per heavy atom. The number of hydrogen-bond donors (Lipinski definition) is 0. The van der Waals surface area contributed by atoms with Crippen LogP contribution in [-0.2, 0) is 0 Å². The molecule has 12 aromatic carbocycles. The first-order valence-electron chi connectivity index (χ1n) is 28.8. The van der Waals surface area contributed by atoms with Gasteiger partial charge in [0, 0.05) is 49.4 Å². The van der Waals surface area contributed by atoms with Crippen LogP contribution in [0.5, 0.6) is 0 Å². The van der Waals surface area contributed by atoms with Crippen LogP contribution in [0.2, 0.25) is 0 Å². The van der Waals surface area contributed by atoms with Crippen LogP contribution >= 0.6 is 0 Å². The number of hydrogen-bond acceptors (Lipinski definition) is 4. The SMILES string of the molecule is [C-]#[N+]c1ccc(-c2ccc3c(c2)c2cc(-c4ccc([N+]#[C-])cc4)ccc2n3-c2ccc(-c3nc(-c4ccccc4)cc(-c4ccccc4)n3)cc2-c2ccccc2-n2c3ccc(-c4ccc(C#N)cc4)cc3c3cc(-c4ccc(C#N)cc4)ccc32)cc1. The Balaban J connectivity index is 1.01. The molecule has 0 aliphatic carbocycles. The molecule has 0 spiro atoms. The van der Waals surface area contributed by atoms with Crippen molar-refractivity contribution in [3.8, 4) is 113 Å². The highest BCUT2D eigenvalue weighted by Gasteiger charge is 2.24. The van der Waals surface area contributed by atoms with Crippen molar-refractivity contribution in [2.24, 2.45) is 0 Å². The molecule has 0 amide bonds. The smallest absolute Gasteiger partial charge is 0.187 e. The predicted octanol–water partition coefficient (Wildman–Crippen LogP) is 20.9. The number of aromatic nitrogens is 4. The molecule has 0 aliphatic heterocycles. The molecule has 0 aliphatic rings. The van der Waals surface area contributed by atoms with E-state index in [1.807, 2.05) is 133 Å². The minimum Gasteiger partial charge on any atom is -0.309 e. The van der Waals surface area contributed by atoms with Gasteiger partial charge in [0.15, 0.2) is 17.2 Å². The summed E-state index contributed by atoms with van der Waals surface area (Å²) in [6, 6.07) is 99.9. The van der Waals surface area contributed by atoms with Gasteiger partial charge in [-0.3, -0.25) is 0 Å². The van der Waals surface area contributed by atoms with Gasteiger partial charge in [-0.25, -0.2) is 19.7 Å². The number of benzene rings is 12. The molecule has 88 heavy (non-hydrogen) atoms. The summed E-state index contributed by atoms with van der Waals surface area (Å²) in [7, 11) is 0. The van der Waals surface area contributed by atoms with Crippen LogP contribution in [0.1, 0.15) is 11.1 Å². The molecule has 0 radical (unpaired) electrons. The molecule has 406 valence electrons. The highest BCUT2D eigenvalue weighted by atomic mass is 15.0. The molecule has 3 heterocycles. The molecule has 0 saturated carbocycles. The van der Waals surface area contributed by atoms with Gasteiger partial charge in [-0.15, -0.1) is 0 Å². The number of para-hydroxylation sites is 1. The number of rotatable bonds is 10. The minimum absolute atomic E-state index is 0.581. The normalized spacial score (nSPS) is 11.1. The van der Waals surface area contributed by atoms with Gasteiger partial charge in [-0.2, -0.15) is 10.5 Å². The molecule has 0 fully saturated rings. The van der Waals surface area contributed by atoms with Gasteiger partial charge in [-0.05, 0) is 148 Å². The summed E-state index contributed by atoms with van der Waals surface area (Å²) in [5, 5.41) is 23.6. The average molecular weight is 1120 g/mol. The summed E-state index contributed by atoms with van der Waals surface area (Å²) >= 11 is 0. The summed E-state index contributed by atoms with van der Waals surface area (Å²) in [6.45, 7) is 15.3. The molecule has 0 N–H and O–H groups in total. The maximum absolute atomic E-state index is 9.71. The maximum atomic E-state index is 9.71. The summed E-state index contributed by atoms with van der Waals surface area (Å²) in [4.78, 5) is 18.1. The molecule has 15 aromatic rings. The van der Waals surface area contributed by atoms with Gasteiger partial charge in [0.1, 0.15) is 0 Å². The Labute approximate surface area is 507 Å². The van der Waals surface area contributed by atoms with Crippen molar-refractivity contribution in [1.29, 1.82) is 10.5 Å². The van der Waals surface area contributed by atoms with Crippen molar-refractivity contribution >= 4 is 55.0 Å². The Bertz CT molecular complexity index is 5150. The molecule has 8 heteroatoms. The third-order valence-electron chi connectivity index (χ3n) is 16.7. The largest absolute Gasteiger partial charge is 0.309 e. The fraction of sp³-hybridized carbons (Fsp3) is 0.